The minimum Gasteiger partial charge on any atom is -0.383 e. The van der Waals surface area contributed by atoms with E-state index in [1.165, 1.54) is 11.1 Å². The summed E-state index contributed by atoms with van der Waals surface area (Å²) in [5, 5.41) is 11.4. The van der Waals surface area contributed by atoms with Crippen molar-refractivity contribution in [3.63, 3.8) is 0 Å². The average Bonchev–Trinajstić information content (AvgIpc) is 3.30. The molecule has 1 amide bonds. The third-order valence-electron chi connectivity index (χ3n) is 5.94. The Kier molecular flexibility index (Phi) is 5.94. The molecular formula is C22H27N5O3. The van der Waals surface area contributed by atoms with Crippen molar-refractivity contribution < 1.29 is 9.53 Å². The highest BCUT2D eigenvalue weighted by atomic mass is 16.5. The number of carbonyl (C=O) groups excluding carboxylic acids is 1. The van der Waals surface area contributed by atoms with Gasteiger partial charge in [-0.3, -0.25) is 9.59 Å². The first kappa shape index (κ1) is 20.3. The van der Waals surface area contributed by atoms with Gasteiger partial charge in [-0.2, -0.15) is 0 Å². The van der Waals surface area contributed by atoms with Gasteiger partial charge in [0.05, 0.1) is 30.5 Å². The van der Waals surface area contributed by atoms with Crippen LogP contribution in [0.25, 0.3) is 10.9 Å². The highest BCUT2D eigenvalue weighted by molar-refractivity contribution is 5.93. The van der Waals surface area contributed by atoms with Gasteiger partial charge in [-0.05, 0) is 43.2 Å². The second-order valence-corrected chi connectivity index (χ2v) is 7.94. The number of rotatable bonds is 7. The first-order valence-electron chi connectivity index (χ1n) is 10.4. The van der Waals surface area contributed by atoms with E-state index < -0.39 is 0 Å². The predicted octanol–water partition coefficient (Wildman–Crippen LogP) is 2.93. The molecule has 1 fully saturated rings. The van der Waals surface area contributed by atoms with Gasteiger partial charge in [0.1, 0.15) is 5.52 Å². The topological polar surface area (TPSA) is 91.0 Å². The van der Waals surface area contributed by atoms with Crippen molar-refractivity contribution in [3.05, 3.63) is 53.1 Å². The summed E-state index contributed by atoms with van der Waals surface area (Å²) in [6, 6.07) is 9.16. The highest BCUT2D eigenvalue weighted by Gasteiger charge is 2.35. The zero-order valence-electron chi connectivity index (χ0n) is 17.2. The highest BCUT2D eigenvalue weighted by Crippen LogP contribution is 2.38. The molecule has 158 valence electrons. The molecule has 0 saturated heterocycles. The number of nitrogens with zero attached hydrogens (tertiary/aromatic N) is 4. The molecule has 2 heterocycles. The molecular weight excluding hydrogens is 382 g/mol. The number of fused-ring (bicyclic) bond motifs is 1. The lowest BCUT2D eigenvalue weighted by molar-refractivity contribution is -0.118. The second kappa shape index (κ2) is 8.79. The molecule has 30 heavy (non-hydrogen) atoms. The summed E-state index contributed by atoms with van der Waals surface area (Å²) in [4.78, 5) is 25.6. The molecule has 1 aromatic carbocycles. The Balaban J connectivity index is 1.55. The van der Waals surface area contributed by atoms with Crippen LogP contribution in [0.15, 0.2) is 47.5 Å². The molecule has 1 N–H and O–H groups in total. The monoisotopic (exact) mass is 409 g/mol. The van der Waals surface area contributed by atoms with Gasteiger partial charge < -0.3 is 14.6 Å². The van der Waals surface area contributed by atoms with Crippen molar-refractivity contribution in [1.82, 2.24) is 19.6 Å². The minimum absolute atomic E-state index is 0.0494. The number of nitrogens with one attached hydrogen (secondary N) is 1. The molecule has 3 aromatic rings. The molecule has 0 unspecified atom stereocenters. The third-order valence-corrected chi connectivity index (χ3v) is 5.94. The zero-order valence-corrected chi connectivity index (χ0v) is 17.2. The number of benzene rings is 1. The largest absolute Gasteiger partial charge is 0.383 e. The maximum atomic E-state index is 13.0. The van der Waals surface area contributed by atoms with Crippen LogP contribution >= 0.6 is 0 Å². The summed E-state index contributed by atoms with van der Waals surface area (Å²) < 4.78 is 8.48. The van der Waals surface area contributed by atoms with Gasteiger partial charge >= 0.3 is 0 Å². The van der Waals surface area contributed by atoms with Crippen LogP contribution in [0.4, 0.5) is 5.69 Å². The van der Waals surface area contributed by atoms with Crippen LogP contribution in [-0.4, -0.2) is 39.2 Å². The number of amides is 1. The van der Waals surface area contributed by atoms with Crippen molar-refractivity contribution in [2.75, 3.05) is 19.0 Å². The predicted molar refractivity (Wildman–Crippen MR) is 114 cm³/mol. The van der Waals surface area contributed by atoms with E-state index in [4.69, 9.17) is 4.74 Å². The molecule has 1 aliphatic carbocycles. The zero-order chi connectivity index (χ0) is 21.0. The lowest BCUT2D eigenvalue weighted by atomic mass is 9.78. The normalized spacial score (nSPS) is 15.9. The van der Waals surface area contributed by atoms with Gasteiger partial charge in [0.15, 0.2) is 0 Å². The van der Waals surface area contributed by atoms with Crippen LogP contribution in [0, 0.1) is 0 Å². The van der Waals surface area contributed by atoms with E-state index in [-0.39, 0.29) is 17.0 Å². The van der Waals surface area contributed by atoms with Crippen molar-refractivity contribution >= 4 is 22.5 Å². The first-order chi connectivity index (χ1) is 14.6. The van der Waals surface area contributed by atoms with Gasteiger partial charge in [0, 0.05) is 25.2 Å². The molecule has 0 atom stereocenters. The van der Waals surface area contributed by atoms with Crippen LogP contribution < -0.4 is 10.9 Å². The van der Waals surface area contributed by atoms with Crippen LogP contribution in [0.2, 0.25) is 0 Å². The number of ether oxygens (including phenoxy) is 1. The molecule has 1 aliphatic rings. The average molecular weight is 409 g/mol. The molecule has 0 bridgehead atoms. The number of anilines is 1. The number of hydrogen-bond acceptors (Lipinski definition) is 5. The summed E-state index contributed by atoms with van der Waals surface area (Å²) in [6.45, 7) is 0.701. The fraction of sp³-hybridized carbons (Fsp3) is 0.455. The Hall–Kier alpha value is -3.00. The van der Waals surface area contributed by atoms with Gasteiger partial charge in [0.2, 0.25) is 5.91 Å². The van der Waals surface area contributed by atoms with Crippen LogP contribution in [0.1, 0.15) is 38.5 Å². The maximum Gasteiger partial charge on any atom is 0.277 e. The summed E-state index contributed by atoms with van der Waals surface area (Å²) >= 11 is 0. The van der Waals surface area contributed by atoms with E-state index >= 15 is 0 Å². The molecule has 2 aromatic heterocycles. The standard InChI is InChI=1S/C22H27N5O3/c1-30-14-13-27-21(29)18-15-17(7-8-19(18)24-25-27)23-20(28)16-22(9-3-2-4-10-22)26-11-5-6-12-26/h5-8,11-12,15H,2-4,9-10,13-14,16H2,1H3,(H,23,28). The van der Waals surface area contributed by atoms with E-state index in [0.717, 1.165) is 25.7 Å². The van der Waals surface area contributed by atoms with E-state index in [1.54, 1.807) is 25.3 Å². The van der Waals surface area contributed by atoms with Crippen molar-refractivity contribution in [1.29, 1.82) is 0 Å². The van der Waals surface area contributed by atoms with Gasteiger partial charge in [-0.1, -0.05) is 24.5 Å². The van der Waals surface area contributed by atoms with E-state index in [2.05, 4.69) is 32.6 Å². The summed E-state index contributed by atoms with van der Waals surface area (Å²) in [6.07, 6.45) is 9.96. The summed E-state index contributed by atoms with van der Waals surface area (Å²) in [5.41, 5.74) is 0.669. The van der Waals surface area contributed by atoms with Crippen molar-refractivity contribution in [2.24, 2.45) is 0 Å². The van der Waals surface area contributed by atoms with E-state index in [1.807, 2.05) is 12.1 Å². The van der Waals surface area contributed by atoms with Gasteiger partial charge in [-0.15, -0.1) is 5.10 Å². The molecule has 1 saturated carbocycles. The molecule has 0 radical (unpaired) electrons. The number of aromatic nitrogens is 4. The van der Waals surface area contributed by atoms with E-state index in [9.17, 15) is 9.59 Å². The fourth-order valence-corrected chi connectivity index (χ4v) is 4.37. The number of carbonyl (C=O) groups is 1. The second-order valence-electron chi connectivity index (χ2n) is 7.94. The molecule has 0 spiro atoms. The van der Waals surface area contributed by atoms with Crippen LogP contribution in [0.5, 0.6) is 0 Å². The number of hydrogen-bond donors (Lipinski definition) is 1. The summed E-state index contributed by atoms with van der Waals surface area (Å²) in [5.74, 6) is -0.0494. The third kappa shape index (κ3) is 4.14. The Morgan fingerprint density at radius 1 is 1.20 bits per heavy atom. The smallest absolute Gasteiger partial charge is 0.277 e. The van der Waals surface area contributed by atoms with Crippen molar-refractivity contribution in [3.8, 4) is 0 Å². The lowest BCUT2D eigenvalue weighted by Gasteiger charge is -2.38. The van der Waals surface area contributed by atoms with Crippen LogP contribution in [-0.2, 0) is 21.6 Å². The molecule has 4 rings (SSSR count). The molecule has 8 nitrogen and oxygen atoms in total. The molecule has 8 heteroatoms. The van der Waals surface area contributed by atoms with E-state index in [0.29, 0.717) is 36.2 Å². The maximum absolute atomic E-state index is 13.0. The van der Waals surface area contributed by atoms with Gasteiger partial charge in [-0.25, -0.2) is 4.68 Å². The van der Waals surface area contributed by atoms with Crippen LogP contribution in [0.3, 0.4) is 0 Å². The Bertz CT molecular complexity index is 1070. The summed E-state index contributed by atoms with van der Waals surface area (Å²) in [7, 11) is 1.57. The minimum atomic E-state index is -0.246. The van der Waals surface area contributed by atoms with Gasteiger partial charge in [0.25, 0.3) is 5.56 Å². The fourth-order valence-electron chi connectivity index (χ4n) is 4.37. The Morgan fingerprint density at radius 2 is 1.97 bits per heavy atom. The first-order valence-corrected chi connectivity index (χ1v) is 10.4. The Labute approximate surface area is 174 Å². The number of methoxy groups -OCH3 is 1. The SMILES string of the molecule is COCCn1nnc2ccc(NC(=O)CC3(n4cccc4)CCCCC3)cc2c1=O. The van der Waals surface area contributed by atoms with Crippen molar-refractivity contribution in [2.45, 2.75) is 50.6 Å². The Morgan fingerprint density at radius 3 is 2.70 bits per heavy atom. The quantitative estimate of drug-likeness (QED) is 0.648. The molecule has 0 aliphatic heterocycles. The lowest BCUT2D eigenvalue weighted by Crippen LogP contribution is -2.38.